The summed E-state index contributed by atoms with van der Waals surface area (Å²) < 4.78 is 0. The highest BCUT2D eigenvalue weighted by Crippen LogP contribution is 2.24. The van der Waals surface area contributed by atoms with Crippen molar-refractivity contribution in [3.8, 4) is 0 Å². The molecule has 13 heavy (non-hydrogen) atoms. The van der Waals surface area contributed by atoms with Crippen molar-refractivity contribution in [2.45, 2.75) is 20.3 Å². The summed E-state index contributed by atoms with van der Waals surface area (Å²) in [5.74, 6) is 0. The lowest BCUT2D eigenvalue weighted by Gasteiger charge is -2.17. The third-order valence-electron chi connectivity index (χ3n) is 2.42. The van der Waals surface area contributed by atoms with Gasteiger partial charge in [0.2, 0.25) is 0 Å². The van der Waals surface area contributed by atoms with Crippen molar-refractivity contribution in [2.75, 3.05) is 13.7 Å². The van der Waals surface area contributed by atoms with Gasteiger partial charge in [-0.25, -0.2) is 0 Å². The molecule has 2 heteroatoms. The molecule has 0 fully saturated rings. The summed E-state index contributed by atoms with van der Waals surface area (Å²) in [7, 11) is 1.91. The summed E-state index contributed by atoms with van der Waals surface area (Å²) in [6.45, 7) is 4.22. The fraction of sp³-hybridized carbons (Fsp3) is 0.455. The average Bonchev–Trinajstić information content (AvgIpc) is 2.16. The Kier molecular flexibility index (Phi) is 3.32. The topological polar surface area (TPSA) is 32.3 Å². The summed E-state index contributed by atoms with van der Waals surface area (Å²) in [5, 5.41) is 12.3. The maximum absolute atomic E-state index is 9.17. The van der Waals surface area contributed by atoms with E-state index in [9.17, 15) is 0 Å². The van der Waals surface area contributed by atoms with E-state index in [1.54, 1.807) is 0 Å². The van der Waals surface area contributed by atoms with Crippen molar-refractivity contribution in [1.82, 2.24) is 5.32 Å². The lowest BCUT2D eigenvalue weighted by Crippen LogP contribution is -2.10. The third-order valence-corrected chi connectivity index (χ3v) is 2.42. The average molecular weight is 179 g/mol. The van der Waals surface area contributed by atoms with E-state index in [2.05, 4.69) is 18.3 Å². The van der Waals surface area contributed by atoms with Gasteiger partial charge in [-0.3, -0.25) is 0 Å². The quantitative estimate of drug-likeness (QED) is 0.677. The first-order valence-electron chi connectivity index (χ1n) is 4.55. The van der Waals surface area contributed by atoms with Crippen LogP contribution in [-0.4, -0.2) is 18.8 Å². The van der Waals surface area contributed by atoms with Crippen LogP contribution in [0.25, 0.3) is 0 Å². The third kappa shape index (κ3) is 2.22. The van der Waals surface area contributed by atoms with Gasteiger partial charge in [0.25, 0.3) is 0 Å². The van der Waals surface area contributed by atoms with Gasteiger partial charge >= 0.3 is 0 Å². The largest absolute Gasteiger partial charge is 0.392 e. The van der Waals surface area contributed by atoms with E-state index in [0.29, 0.717) is 0 Å². The predicted octanol–water partition coefficient (Wildman–Crippen LogP) is 1.75. The summed E-state index contributed by atoms with van der Waals surface area (Å²) in [5.41, 5.74) is 4.63. The Balaban J connectivity index is 3.00. The normalized spacial score (nSPS) is 20.6. The first kappa shape index (κ1) is 10.1. The fourth-order valence-electron chi connectivity index (χ4n) is 1.50. The molecule has 0 aliphatic heterocycles. The van der Waals surface area contributed by atoms with Crippen molar-refractivity contribution in [3.63, 3.8) is 0 Å². The molecule has 0 saturated carbocycles. The van der Waals surface area contributed by atoms with Crippen LogP contribution in [0.3, 0.4) is 0 Å². The SMILES string of the molecule is CN/C(C)=C1/CC=C(C)C=C1CO. The minimum absolute atomic E-state index is 0.125. The van der Waals surface area contributed by atoms with Crippen LogP contribution in [0.15, 0.2) is 34.6 Å². The van der Waals surface area contributed by atoms with Gasteiger partial charge in [0.05, 0.1) is 6.61 Å². The molecule has 1 aliphatic carbocycles. The molecule has 2 N–H and O–H groups in total. The standard InChI is InChI=1S/C11H17NO/c1-8-4-5-11(9(2)12-3)10(6-8)7-13/h4,6,12-13H,5,7H2,1-3H3/b11-9-. The molecule has 0 heterocycles. The first-order chi connectivity index (χ1) is 6.19. The molecule has 0 saturated heterocycles. The molecule has 1 aliphatic rings. The van der Waals surface area contributed by atoms with Crippen molar-refractivity contribution in [3.05, 3.63) is 34.6 Å². The van der Waals surface area contributed by atoms with Gasteiger partial charge in [-0.1, -0.05) is 17.7 Å². The Bertz CT molecular complexity index is 284. The Labute approximate surface area is 79.7 Å². The lowest BCUT2D eigenvalue weighted by molar-refractivity contribution is 0.332. The Morgan fingerprint density at radius 2 is 2.31 bits per heavy atom. The highest BCUT2D eigenvalue weighted by atomic mass is 16.3. The van der Waals surface area contributed by atoms with Crippen LogP contribution in [0, 0.1) is 0 Å². The molecular formula is C11H17NO. The zero-order valence-electron chi connectivity index (χ0n) is 8.52. The van der Waals surface area contributed by atoms with Gasteiger partial charge in [-0.15, -0.1) is 0 Å². The molecule has 0 aromatic rings. The molecule has 0 radical (unpaired) electrons. The highest BCUT2D eigenvalue weighted by Gasteiger charge is 2.10. The van der Waals surface area contributed by atoms with Crippen molar-refractivity contribution in [2.24, 2.45) is 0 Å². The number of allylic oxidation sites excluding steroid dienone is 4. The number of nitrogens with one attached hydrogen (secondary N) is 1. The van der Waals surface area contributed by atoms with Crippen LogP contribution in [0.2, 0.25) is 0 Å². The molecule has 1 rings (SSSR count). The van der Waals surface area contributed by atoms with E-state index < -0.39 is 0 Å². The number of hydrogen-bond acceptors (Lipinski definition) is 2. The Morgan fingerprint density at radius 1 is 1.62 bits per heavy atom. The predicted molar refractivity (Wildman–Crippen MR) is 55.3 cm³/mol. The minimum atomic E-state index is 0.125. The van der Waals surface area contributed by atoms with E-state index in [4.69, 9.17) is 5.11 Å². The molecule has 0 aromatic carbocycles. The second-order valence-electron chi connectivity index (χ2n) is 3.33. The first-order valence-corrected chi connectivity index (χ1v) is 4.55. The minimum Gasteiger partial charge on any atom is -0.392 e. The summed E-state index contributed by atoms with van der Waals surface area (Å²) in [6, 6.07) is 0. The van der Waals surface area contributed by atoms with Gasteiger partial charge in [0, 0.05) is 12.7 Å². The fourth-order valence-corrected chi connectivity index (χ4v) is 1.50. The van der Waals surface area contributed by atoms with Gasteiger partial charge in [0.15, 0.2) is 0 Å². The molecule has 0 spiro atoms. The number of aliphatic hydroxyl groups excluding tert-OH is 1. The molecular weight excluding hydrogens is 162 g/mol. The second-order valence-corrected chi connectivity index (χ2v) is 3.33. The van der Waals surface area contributed by atoms with Crippen molar-refractivity contribution in [1.29, 1.82) is 0 Å². The monoisotopic (exact) mass is 179 g/mol. The van der Waals surface area contributed by atoms with Crippen LogP contribution in [0.4, 0.5) is 0 Å². The van der Waals surface area contributed by atoms with Crippen molar-refractivity contribution >= 4 is 0 Å². The maximum atomic E-state index is 9.17. The van der Waals surface area contributed by atoms with Crippen LogP contribution in [0.5, 0.6) is 0 Å². The lowest BCUT2D eigenvalue weighted by atomic mass is 9.93. The molecule has 0 bridgehead atoms. The summed E-state index contributed by atoms with van der Waals surface area (Å²) >= 11 is 0. The summed E-state index contributed by atoms with van der Waals surface area (Å²) in [6.07, 6.45) is 5.14. The molecule has 0 amide bonds. The molecule has 0 unspecified atom stereocenters. The zero-order chi connectivity index (χ0) is 9.84. The summed E-state index contributed by atoms with van der Waals surface area (Å²) in [4.78, 5) is 0. The Hall–Kier alpha value is -1.02. The second kappa shape index (κ2) is 4.28. The van der Waals surface area contributed by atoms with E-state index in [-0.39, 0.29) is 6.61 Å². The smallest absolute Gasteiger partial charge is 0.0685 e. The molecule has 72 valence electrons. The Morgan fingerprint density at radius 3 is 2.85 bits per heavy atom. The van der Waals surface area contributed by atoms with Crippen LogP contribution in [-0.2, 0) is 0 Å². The van der Waals surface area contributed by atoms with Gasteiger partial charge in [-0.05, 0) is 31.4 Å². The van der Waals surface area contributed by atoms with Crippen molar-refractivity contribution < 1.29 is 5.11 Å². The zero-order valence-corrected chi connectivity index (χ0v) is 8.52. The molecule has 0 atom stereocenters. The van der Waals surface area contributed by atoms with Gasteiger partial charge in [-0.2, -0.15) is 0 Å². The van der Waals surface area contributed by atoms with Crippen LogP contribution >= 0.6 is 0 Å². The number of aliphatic hydroxyl groups is 1. The number of hydrogen-bond donors (Lipinski definition) is 2. The van der Waals surface area contributed by atoms with Crippen LogP contribution < -0.4 is 5.32 Å². The van der Waals surface area contributed by atoms with E-state index in [1.165, 1.54) is 11.1 Å². The van der Waals surface area contributed by atoms with E-state index >= 15 is 0 Å². The van der Waals surface area contributed by atoms with Gasteiger partial charge < -0.3 is 10.4 Å². The maximum Gasteiger partial charge on any atom is 0.0685 e. The number of rotatable bonds is 2. The highest BCUT2D eigenvalue weighted by molar-refractivity contribution is 5.44. The van der Waals surface area contributed by atoms with E-state index in [1.807, 2.05) is 20.0 Å². The van der Waals surface area contributed by atoms with Gasteiger partial charge in [0.1, 0.15) is 0 Å². The van der Waals surface area contributed by atoms with E-state index in [0.717, 1.165) is 17.7 Å². The van der Waals surface area contributed by atoms with Crippen LogP contribution in [0.1, 0.15) is 20.3 Å². The molecule has 0 aromatic heterocycles. The molecule has 2 nitrogen and oxygen atoms in total.